The van der Waals surface area contributed by atoms with Crippen molar-refractivity contribution in [3.63, 3.8) is 0 Å². The fraction of sp³-hybridized carbons (Fsp3) is 0.545. The van der Waals surface area contributed by atoms with E-state index in [0.29, 0.717) is 12.0 Å². The van der Waals surface area contributed by atoms with Gasteiger partial charge in [0, 0.05) is 19.2 Å². The molecule has 0 aromatic carbocycles. The summed E-state index contributed by atoms with van der Waals surface area (Å²) in [5.41, 5.74) is 0. The summed E-state index contributed by atoms with van der Waals surface area (Å²) in [5, 5.41) is 0. The Morgan fingerprint density at radius 3 is 2.73 bits per heavy atom. The van der Waals surface area contributed by atoms with Crippen LogP contribution < -0.4 is 4.90 Å². The second-order valence-corrected chi connectivity index (χ2v) is 3.88. The van der Waals surface area contributed by atoms with Crippen molar-refractivity contribution in [2.75, 3.05) is 24.7 Å². The Hall–Kier alpha value is -1.32. The topological polar surface area (TPSA) is 33.5 Å². The zero-order valence-corrected chi connectivity index (χ0v) is 8.49. The zero-order valence-electron chi connectivity index (χ0n) is 8.49. The number of halogens is 1. The first-order chi connectivity index (χ1) is 7.33. The van der Waals surface area contributed by atoms with Crippen LogP contribution in [0.3, 0.4) is 0 Å². The molecular formula is C11H14FNO2. The molecule has 1 aromatic heterocycles. The summed E-state index contributed by atoms with van der Waals surface area (Å²) in [6, 6.07) is 3.45. The van der Waals surface area contributed by atoms with Crippen LogP contribution in [0.2, 0.25) is 0 Å². The number of aldehydes is 1. The molecule has 4 heteroatoms. The highest BCUT2D eigenvalue weighted by Gasteiger charge is 2.20. The maximum absolute atomic E-state index is 12.4. The number of furan rings is 1. The fourth-order valence-electron chi connectivity index (χ4n) is 1.88. The van der Waals surface area contributed by atoms with E-state index >= 15 is 0 Å². The van der Waals surface area contributed by atoms with Gasteiger partial charge in [-0.15, -0.1) is 0 Å². The quantitative estimate of drug-likeness (QED) is 0.719. The fourth-order valence-corrected chi connectivity index (χ4v) is 1.88. The lowest BCUT2D eigenvalue weighted by Gasteiger charge is -2.30. The Balaban J connectivity index is 1.97. The third-order valence-electron chi connectivity index (χ3n) is 2.87. The van der Waals surface area contributed by atoms with Gasteiger partial charge in [0.15, 0.2) is 17.9 Å². The number of piperidine rings is 1. The van der Waals surface area contributed by atoms with Crippen LogP contribution in [-0.4, -0.2) is 26.1 Å². The Kier molecular flexibility index (Phi) is 3.04. The standard InChI is InChI=1S/C11H14FNO2/c12-7-9-3-5-13(6-4-9)11-2-1-10(8-14)15-11/h1-2,8-9H,3-7H2. The van der Waals surface area contributed by atoms with Crippen molar-refractivity contribution in [3.8, 4) is 0 Å². The van der Waals surface area contributed by atoms with E-state index in [2.05, 4.69) is 4.90 Å². The molecule has 82 valence electrons. The highest BCUT2D eigenvalue weighted by molar-refractivity contribution is 5.71. The monoisotopic (exact) mass is 211 g/mol. The molecule has 2 heterocycles. The van der Waals surface area contributed by atoms with Gasteiger partial charge in [-0.05, 0) is 24.8 Å². The van der Waals surface area contributed by atoms with Gasteiger partial charge in [0.25, 0.3) is 0 Å². The summed E-state index contributed by atoms with van der Waals surface area (Å²) < 4.78 is 17.7. The van der Waals surface area contributed by atoms with Gasteiger partial charge in [-0.3, -0.25) is 9.18 Å². The second kappa shape index (κ2) is 4.47. The molecule has 1 aliphatic rings. The molecule has 0 aliphatic carbocycles. The van der Waals surface area contributed by atoms with Crippen molar-refractivity contribution >= 4 is 12.2 Å². The van der Waals surface area contributed by atoms with Crippen molar-refractivity contribution in [1.82, 2.24) is 0 Å². The molecule has 1 saturated heterocycles. The Labute approximate surface area is 87.9 Å². The lowest BCUT2D eigenvalue weighted by atomic mass is 9.99. The van der Waals surface area contributed by atoms with Crippen LogP contribution in [0.15, 0.2) is 16.5 Å². The van der Waals surface area contributed by atoms with Crippen LogP contribution in [0.5, 0.6) is 0 Å². The van der Waals surface area contributed by atoms with E-state index < -0.39 is 0 Å². The second-order valence-electron chi connectivity index (χ2n) is 3.88. The minimum absolute atomic E-state index is 0.196. The van der Waals surface area contributed by atoms with E-state index in [1.165, 1.54) is 0 Å². The molecule has 0 radical (unpaired) electrons. The highest BCUT2D eigenvalue weighted by Crippen LogP contribution is 2.24. The molecule has 0 N–H and O–H groups in total. The third-order valence-corrected chi connectivity index (χ3v) is 2.87. The van der Waals surface area contributed by atoms with Gasteiger partial charge in [-0.2, -0.15) is 0 Å². The number of hydrogen-bond donors (Lipinski definition) is 0. The van der Waals surface area contributed by atoms with Gasteiger partial charge in [-0.25, -0.2) is 0 Å². The molecule has 0 bridgehead atoms. The summed E-state index contributed by atoms with van der Waals surface area (Å²) in [6.07, 6.45) is 2.40. The van der Waals surface area contributed by atoms with Crippen molar-refractivity contribution < 1.29 is 13.6 Å². The lowest BCUT2D eigenvalue weighted by Crippen LogP contribution is -2.33. The minimum Gasteiger partial charge on any atom is -0.438 e. The summed E-state index contributed by atoms with van der Waals surface area (Å²) in [5.74, 6) is 1.26. The largest absolute Gasteiger partial charge is 0.438 e. The van der Waals surface area contributed by atoms with Crippen LogP contribution in [0, 0.1) is 5.92 Å². The third kappa shape index (κ3) is 2.19. The zero-order chi connectivity index (χ0) is 10.7. The predicted molar refractivity (Wildman–Crippen MR) is 55.0 cm³/mol. The molecule has 0 amide bonds. The van der Waals surface area contributed by atoms with E-state index in [0.717, 1.165) is 31.8 Å². The molecule has 0 unspecified atom stereocenters. The SMILES string of the molecule is O=Cc1ccc(N2CCC(CF)CC2)o1. The molecule has 15 heavy (non-hydrogen) atoms. The van der Waals surface area contributed by atoms with Gasteiger partial charge in [0.2, 0.25) is 0 Å². The summed E-state index contributed by atoms with van der Waals surface area (Å²) in [4.78, 5) is 12.5. The average Bonchev–Trinajstić information content (AvgIpc) is 2.78. The average molecular weight is 211 g/mol. The van der Waals surface area contributed by atoms with E-state index in [4.69, 9.17) is 4.42 Å². The number of alkyl halides is 1. The summed E-state index contributed by atoms with van der Waals surface area (Å²) in [6.45, 7) is 1.38. The normalized spacial score (nSPS) is 18.1. The Morgan fingerprint density at radius 2 is 2.20 bits per heavy atom. The molecule has 0 saturated carbocycles. The highest BCUT2D eigenvalue weighted by atomic mass is 19.1. The van der Waals surface area contributed by atoms with Crippen LogP contribution in [0.4, 0.5) is 10.3 Å². The van der Waals surface area contributed by atoms with Gasteiger partial charge in [-0.1, -0.05) is 0 Å². The molecule has 0 atom stereocenters. The molecule has 3 nitrogen and oxygen atoms in total. The van der Waals surface area contributed by atoms with Gasteiger partial charge in [0.1, 0.15) is 0 Å². The van der Waals surface area contributed by atoms with Gasteiger partial charge >= 0.3 is 0 Å². The molecule has 2 rings (SSSR count). The molecule has 1 aliphatic heterocycles. The maximum Gasteiger partial charge on any atom is 0.196 e. The van der Waals surface area contributed by atoms with Crippen molar-refractivity contribution in [2.24, 2.45) is 5.92 Å². The molecular weight excluding hydrogens is 197 g/mol. The van der Waals surface area contributed by atoms with E-state index in [1.54, 1.807) is 12.1 Å². The number of carbonyl (C=O) groups excluding carboxylic acids is 1. The number of hydrogen-bond acceptors (Lipinski definition) is 3. The maximum atomic E-state index is 12.4. The van der Waals surface area contributed by atoms with Crippen molar-refractivity contribution in [2.45, 2.75) is 12.8 Å². The first-order valence-corrected chi connectivity index (χ1v) is 5.19. The number of anilines is 1. The number of nitrogens with zero attached hydrogens (tertiary/aromatic N) is 1. The predicted octanol–water partition coefficient (Wildman–Crippen LogP) is 2.28. The summed E-state index contributed by atoms with van der Waals surface area (Å²) >= 11 is 0. The van der Waals surface area contributed by atoms with Crippen molar-refractivity contribution in [1.29, 1.82) is 0 Å². The number of carbonyl (C=O) groups is 1. The van der Waals surface area contributed by atoms with Crippen LogP contribution >= 0.6 is 0 Å². The van der Waals surface area contributed by atoms with E-state index in [1.807, 2.05) is 0 Å². The lowest BCUT2D eigenvalue weighted by molar-refractivity contribution is 0.110. The molecule has 0 spiro atoms. The van der Waals surface area contributed by atoms with Crippen LogP contribution in [0.25, 0.3) is 0 Å². The first kappa shape index (κ1) is 10.2. The van der Waals surface area contributed by atoms with Gasteiger partial charge in [0.05, 0.1) is 6.67 Å². The molecule has 1 fully saturated rings. The number of rotatable bonds is 3. The first-order valence-electron chi connectivity index (χ1n) is 5.19. The summed E-state index contributed by atoms with van der Waals surface area (Å²) in [7, 11) is 0. The molecule has 1 aromatic rings. The Morgan fingerprint density at radius 1 is 1.47 bits per heavy atom. The van der Waals surface area contributed by atoms with Crippen molar-refractivity contribution in [3.05, 3.63) is 17.9 Å². The van der Waals surface area contributed by atoms with Gasteiger partial charge < -0.3 is 9.32 Å². The van der Waals surface area contributed by atoms with E-state index in [-0.39, 0.29) is 12.6 Å². The van der Waals surface area contributed by atoms with Crippen LogP contribution in [-0.2, 0) is 0 Å². The smallest absolute Gasteiger partial charge is 0.196 e. The van der Waals surface area contributed by atoms with Crippen LogP contribution in [0.1, 0.15) is 23.4 Å². The Bertz CT molecular complexity index is 329. The minimum atomic E-state index is -0.231. The van der Waals surface area contributed by atoms with E-state index in [9.17, 15) is 9.18 Å².